The van der Waals surface area contributed by atoms with Crippen molar-refractivity contribution in [1.82, 2.24) is 0 Å². The van der Waals surface area contributed by atoms with Crippen molar-refractivity contribution in [1.29, 1.82) is 0 Å². The molecule has 0 aliphatic heterocycles. The highest BCUT2D eigenvalue weighted by Crippen LogP contribution is 2.37. The Hall–Kier alpha value is -2.77. The van der Waals surface area contributed by atoms with E-state index in [0.29, 0.717) is 5.56 Å². The molecule has 1 rings (SSSR count). The van der Waals surface area contributed by atoms with Crippen LogP contribution in [0.5, 0.6) is 0 Å². The molecular weight excluding hydrogens is 354 g/mol. The molecule has 140 valence electrons. The zero-order valence-electron chi connectivity index (χ0n) is 15.6. The summed E-state index contributed by atoms with van der Waals surface area (Å²) in [5.41, 5.74) is 9.23. The van der Waals surface area contributed by atoms with E-state index >= 15 is 0 Å². The molecule has 0 unspecified atom stereocenters. The first-order chi connectivity index (χ1) is 11.9. The van der Waals surface area contributed by atoms with E-state index in [4.69, 9.17) is 14.7 Å². The summed E-state index contributed by atoms with van der Waals surface area (Å²) in [5, 5.41) is 10.5. The lowest BCUT2D eigenvalue weighted by atomic mass is 10.2. The molecule has 0 heterocycles. The third-order valence-corrected chi connectivity index (χ3v) is 8.63. The quantitative estimate of drug-likeness (QED) is 0.105. The van der Waals surface area contributed by atoms with E-state index in [1.54, 1.807) is 0 Å². The highest BCUT2D eigenvalue weighted by Gasteiger charge is 2.42. The smallest absolute Gasteiger partial charge is 0.438 e. The lowest BCUT2D eigenvalue weighted by Gasteiger charge is -2.36. The molecule has 1 aromatic rings. The van der Waals surface area contributed by atoms with Crippen molar-refractivity contribution >= 4 is 25.7 Å². The Bertz CT molecular complexity index is 760. The number of esters is 1. The number of nitrogens with zero attached hydrogens (tertiary/aromatic N) is 3. The molecule has 0 atom stereocenters. The Morgan fingerprint density at radius 3 is 2.27 bits per heavy atom. The van der Waals surface area contributed by atoms with Gasteiger partial charge in [-0.15, -0.1) is 0 Å². The largest absolute Gasteiger partial charge is 0.538 e. The van der Waals surface area contributed by atoms with E-state index in [1.165, 1.54) is 24.3 Å². The second kappa shape index (κ2) is 8.07. The van der Waals surface area contributed by atoms with Gasteiger partial charge in [-0.05, 0) is 42.4 Å². The molecule has 26 heavy (non-hydrogen) atoms. The first kappa shape index (κ1) is 21.3. The molecule has 0 saturated carbocycles. The van der Waals surface area contributed by atoms with Gasteiger partial charge < -0.3 is 14.7 Å². The standard InChI is InChI=1S/C17H23N3O5Si/c1-12(25-26(5,6)17(2,3)4)15(19-18)16(21)24-11-13-7-9-14(10-8-13)20(22)23/h7-10H,1,11H2,2-6H3. The average molecular weight is 377 g/mol. The van der Waals surface area contributed by atoms with Gasteiger partial charge in [-0.2, -0.15) is 4.79 Å². The van der Waals surface area contributed by atoms with Crippen LogP contribution in [-0.2, 0) is 20.6 Å². The zero-order valence-corrected chi connectivity index (χ0v) is 16.6. The fraction of sp³-hybridized carbons (Fsp3) is 0.412. The normalized spacial score (nSPS) is 11.3. The summed E-state index contributed by atoms with van der Waals surface area (Å²) in [5.74, 6) is -0.942. The molecule has 0 radical (unpaired) electrons. The molecule has 1 aromatic carbocycles. The van der Waals surface area contributed by atoms with Gasteiger partial charge in [0.2, 0.25) is 0 Å². The van der Waals surface area contributed by atoms with Gasteiger partial charge in [0.05, 0.1) is 4.92 Å². The summed E-state index contributed by atoms with van der Waals surface area (Å²) in [4.78, 5) is 25.2. The number of hydrogen-bond donors (Lipinski definition) is 0. The molecule has 9 heteroatoms. The fourth-order valence-electron chi connectivity index (χ4n) is 1.65. The Morgan fingerprint density at radius 1 is 1.31 bits per heavy atom. The van der Waals surface area contributed by atoms with Crippen molar-refractivity contribution in [2.24, 2.45) is 0 Å². The van der Waals surface area contributed by atoms with Gasteiger partial charge in [-0.1, -0.05) is 20.8 Å². The Morgan fingerprint density at radius 2 is 1.85 bits per heavy atom. The number of hydrogen-bond acceptors (Lipinski definition) is 5. The first-order valence-electron chi connectivity index (χ1n) is 7.90. The maximum Gasteiger partial charge on any atom is 0.438 e. The number of carbonyl (C=O) groups is 1. The Kier molecular flexibility index (Phi) is 6.60. The number of carbonyl (C=O) groups excluding carboxylic acids is 1. The number of nitro groups is 1. The fourth-order valence-corrected chi connectivity index (χ4v) is 2.67. The van der Waals surface area contributed by atoms with Crippen molar-refractivity contribution in [3.8, 4) is 0 Å². The average Bonchev–Trinajstić information content (AvgIpc) is 2.52. The van der Waals surface area contributed by atoms with Crippen molar-refractivity contribution in [2.75, 3.05) is 0 Å². The topological polar surface area (TPSA) is 115 Å². The molecule has 0 saturated heterocycles. The molecule has 8 nitrogen and oxygen atoms in total. The maximum atomic E-state index is 12.2. The molecule has 0 fully saturated rings. The molecule has 0 aromatic heterocycles. The summed E-state index contributed by atoms with van der Waals surface area (Å²) < 4.78 is 10.9. The summed E-state index contributed by atoms with van der Waals surface area (Å²) >= 11 is 0. The lowest BCUT2D eigenvalue weighted by Crippen LogP contribution is -2.42. The highest BCUT2D eigenvalue weighted by molar-refractivity contribution is 6.74. The molecular formula is C17H23N3O5Si. The van der Waals surface area contributed by atoms with Gasteiger partial charge in [-0.25, -0.2) is 4.79 Å². The van der Waals surface area contributed by atoms with Crippen LogP contribution >= 0.6 is 0 Å². The van der Waals surface area contributed by atoms with E-state index < -0.39 is 24.9 Å². The third kappa shape index (κ3) is 5.37. The minimum absolute atomic E-state index is 0.0483. The van der Waals surface area contributed by atoms with Crippen LogP contribution in [0.15, 0.2) is 36.6 Å². The second-order valence-electron chi connectivity index (χ2n) is 7.23. The van der Waals surface area contributed by atoms with Crippen LogP contribution in [0.4, 0.5) is 5.69 Å². The summed E-state index contributed by atoms with van der Waals surface area (Å²) in [6.45, 7) is 13.5. The van der Waals surface area contributed by atoms with E-state index in [2.05, 4.69) is 11.4 Å². The van der Waals surface area contributed by atoms with Crippen LogP contribution in [-0.4, -0.2) is 29.7 Å². The van der Waals surface area contributed by atoms with Crippen LogP contribution < -0.4 is 0 Å². The van der Waals surface area contributed by atoms with Gasteiger partial charge in [0.15, 0.2) is 5.76 Å². The Balaban J connectivity index is 2.76. The van der Waals surface area contributed by atoms with E-state index in [9.17, 15) is 14.9 Å². The van der Waals surface area contributed by atoms with E-state index in [-0.39, 0.29) is 23.1 Å². The molecule has 0 spiro atoms. The predicted molar refractivity (Wildman–Crippen MR) is 98.9 cm³/mol. The van der Waals surface area contributed by atoms with Crippen LogP contribution in [0.1, 0.15) is 26.3 Å². The zero-order chi connectivity index (χ0) is 20.1. The number of benzene rings is 1. The molecule has 0 bridgehead atoms. The lowest BCUT2D eigenvalue weighted by molar-refractivity contribution is -0.384. The maximum absolute atomic E-state index is 12.2. The van der Waals surface area contributed by atoms with Crippen LogP contribution in [0, 0.1) is 10.1 Å². The molecule has 0 amide bonds. The minimum atomic E-state index is -2.26. The van der Waals surface area contributed by atoms with Crippen molar-refractivity contribution in [2.45, 2.75) is 45.5 Å². The monoisotopic (exact) mass is 377 g/mol. The predicted octanol–water partition coefficient (Wildman–Crippen LogP) is 3.84. The number of rotatable bonds is 7. The molecule has 0 aliphatic rings. The molecule has 0 aliphatic carbocycles. The number of nitro benzene ring substituents is 1. The summed E-state index contributed by atoms with van der Waals surface area (Å²) in [6, 6.07) is 5.57. The van der Waals surface area contributed by atoms with Crippen LogP contribution in [0.3, 0.4) is 0 Å². The van der Waals surface area contributed by atoms with Gasteiger partial charge in [0.25, 0.3) is 14.0 Å². The van der Waals surface area contributed by atoms with Gasteiger partial charge in [0, 0.05) is 12.1 Å². The minimum Gasteiger partial charge on any atom is -0.538 e. The van der Waals surface area contributed by atoms with Crippen LogP contribution in [0.25, 0.3) is 5.53 Å². The number of ether oxygens (including phenoxy) is 1. The van der Waals surface area contributed by atoms with E-state index in [1.807, 2.05) is 33.9 Å². The highest BCUT2D eigenvalue weighted by atomic mass is 28.4. The van der Waals surface area contributed by atoms with Gasteiger partial charge in [0.1, 0.15) is 6.61 Å². The third-order valence-electron chi connectivity index (χ3n) is 4.26. The van der Waals surface area contributed by atoms with Gasteiger partial charge >= 0.3 is 11.7 Å². The van der Waals surface area contributed by atoms with Crippen molar-refractivity contribution < 1.29 is 23.7 Å². The second-order valence-corrected chi connectivity index (χ2v) is 12.0. The SMILES string of the molecule is C=C(O[Si](C)(C)C(C)(C)C)C(=[N+]=[N-])C(=O)OCc1ccc([N+](=O)[O-])cc1. The summed E-state index contributed by atoms with van der Waals surface area (Å²) in [6.07, 6.45) is 0. The van der Waals surface area contributed by atoms with Crippen molar-refractivity contribution in [3.05, 3.63) is 57.8 Å². The van der Waals surface area contributed by atoms with E-state index in [0.717, 1.165) is 0 Å². The van der Waals surface area contributed by atoms with Crippen molar-refractivity contribution in [3.63, 3.8) is 0 Å². The van der Waals surface area contributed by atoms with Crippen LogP contribution in [0.2, 0.25) is 18.1 Å². The van der Waals surface area contributed by atoms with Gasteiger partial charge in [-0.3, -0.25) is 10.1 Å². The summed E-state index contributed by atoms with van der Waals surface area (Å²) in [7, 11) is -2.26. The number of non-ortho nitro benzene ring substituents is 1. The molecule has 0 N–H and O–H groups in total. The Labute approximate surface area is 153 Å². The first-order valence-corrected chi connectivity index (χ1v) is 10.8.